The summed E-state index contributed by atoms with van der Waals surface area (Å²) in [5.74, 6) is 0. The van der Waals surface area contributed by atoms with E-state index in [1.165, 1.54) is 27.8 Å². The fourth-order valence-electron chi connectivity index (χ4n) is 10.3. The highest BCUT2D eigenvalue weighted by atomic mass is 32.1. The van der Waals surface area contributed by atoms with Gasteiger partial charge in [-0.15, -0.1) is 75.8 Å². The first-order valence-electron chi connectivity index (χ1n) is 24.0. The number of hydrogen-bond donors (Lipinski definition) is 6. The zero-order valence-electron chi connectivity index (χ0n) is 40.5. The minimum atomic E-state index is -0.657. The van der Waals surface area contributed by atoms with Crippen molar-refractivity contribution < 1.29 is 0 Å². The maximum absolute atomic E-state index is 5.22. The van der Waals surface area contributed by atoms with Crippen molar-refractivity contribution in [2.75, 3.05) is 0 Å². The molecule has 0 aliphatic carbocycles. The zero-order chi connectivity index (χ0) is 50.3. The minimum Gasteiger partial charge on any atom is -0.143 e. The molecule has 0 nitrogen and oxygen atoms in total. The van der Waals surface area contributed by atoms with E-state index in [0.29, 0.717) is 0 Å². The molecule has 72 heavy (non-hydrogen) atoms. The van der Waals surface area contributed by atoms with Crippen LogP contribution in [0.3, 0.4) is 0 Å². The number of rotatable bonds is 11. The van der Waals surface area contributed by atoms with Crippen molar-refractivity contribution in [1.82, 2.24) is 0 Å². The maximum Gasteiger partial charge on any atom is 0.0445 e. The summed E-state index contributed by atoms with van der Waals surface area (Å²) < 4.78 is 0. The van der Waals surface area contributed by atoms with Crippen LogP contribution in [0.5, 0.6) is 0 Å². The standard InChI is InChI=1S/C66H54S6/c1-41-5-8-45(9-6-41)50-21-34-62(70)59(38-50)65(3,58-37-49(10-7-42(58)2)46-15-28-55(67)29-16-46)53-24-11-43(12-25-53)44-13-26-54(27-14-44)66(4,60-39-51(22-35-63(60)71)47-17-30-56(68)31-18-47)61-40-52(23-36-64(61)72)48-19-32-57(69)33-20-48/h5-40,67-72H,1-4H3. The van der Waals surface area contributed by atoms with Crippen molar-refractivity contribution in [2.24, 2.45) is 0 Å². The summed E-state index contributed by atoms with van der Waals surface area (Å²) in [4.78, 5) is 5.53. The lowest BCUT2D eigenvalue weighted by molar-refractivity contribution is 0.664. The Hall–Kier alpha value is -5.70. The predicted octanol–water partition coefficient (Wildman–Crippen LogP) is 19.1. The zero-order valence-corrected chi connectivity index (χ0v) is 45.8. The Kier molecular flexibility index (Phi) is 14.3. The van der Waals surface area contributed by atoms with Gasteiger partial charge >= 0.3 is 0 Å². The summed E-state index contributed by atoms with van der Waals surface area (Å²) in [7, 11) is 0. The van der Waals surface area contributed by atoms with Gasteiger partial charge in [0, 0.05) is 40.2 Å². The average molecular weight is 1040 g/mol. The maximum atomic E-state index is 5.22. The molecule has 0 aliphatic heterocycles. The van der Waals surface area contributed by atoms with Crippen molar-refractivity contribution in [3.63, 3.8) is 0 Å². The van der Waals surface area contributed by atoms with Gasteiger partial charge in [0.1, 0.15) is 0 Å². The van der Waals surface area contributed by atoms with Crippen molar-refractivity contribution in [3.8, 4) is 55.6 Å². The normalized spacial score (nSPS) is 12.4. The van der Waals surface area contributed by atoms with Crippen LogP contribution in [0, 0.1) is 13.8 Å². The second-order valence-electron chi connectivity index (χ2n) is 19.1. The largest absolute Gasteiger partial charge is 0.143 e. The smallest absolute Gasteiger partial charge is 0.0445 e. The molecule has 10 rings (SSSR count). The Morgan fingerprint density at radius 1 is 0.250 bits per heavy atom. The molecule has 0 saturated carbocycles. The van der Waals surface area contributed by atoms with Crippen LogP contribution in [-0.2, 0) is 10.8 Å². The van der Waals surface area contributed by atoms with E-state index in [0.717, 1.165) is 102 Å². The fourth-order valence-corrected chi connectivity index (χ4v) is 11.8. The molecule has 0 amide bonds. The highest BCUT2D eigenvalue weighted by Gasteiger charge is 2.37. The summed E-state index contributed by atoms with van der Waals surface area (Å²) in [6.45, 7) is 9.01. The van der Waals surface area contributed by atoms with Gasteiger partial charge in [-0.2, -0.15) is 0 Å². The molecule has 0 aliphatic rings. The topological polar surface area (TPSA) is 0 Å². The average Bonchev–Trinajstić information content (AvgIpc) is 3.40. The molecule has 0 radical (unpaired) electrons. The molecule has 0 N–H and O–H groups in total. The van der Waals surface area contributed by atoms with E-state index >= 15 is 0 Å². The third kappa shape index (κ3) is 9.78. The Bertz CT molecular complexity index is 3150. The van der Waals surface area contributed by atoms with Gasteiger partial charge in [-0.3, -0.25) is 0 Å². The first-order valence-corrected chi connectivity index (χ1v) is 26.7. The lowest BCUT2D eigenvalue weighted by atomic mass is 9.68. The van der Waals surface area contributed by atoms with Gasteiger partial charge in [-0.25, -0.2) is 0 Å². The van der Waals surface area contributed by atoms with Crippen LogP contribution in [0.15, 0.2) is 248 Å². The van der Waals surface area contributed by atoms with E-state index in [-0.39, 0.29) is 0 Å². The summed E-state index contributed by atoms with van der Waals surface area (Å²) >= 11 is 29.3. The molecular weight excluding hydrogens is 985 g/mol. The molecule has 0 fully saturated rings. The van der Waals surface area contributed by atoms with E-state index < -0.39 is 10.8 Å². The predicted molar refractivity (Wildman–Crippen MR) is 323 cm³/mol. The highest BCUT2D eigenvalue weighted by Crippen LogP contribution is 2.48. The number of benzene rings is 10. The third-order valence-corrected chi connectivity index (χ3v) is 16.7. The van der Waals surface area contributed by atoms with E-state index in [1.54, 1.807) is 0 Å². The molecule has 1 unspecified atom stereocenters. The van der Waals surface area contributed by atoms with Gasteiger partial charge in [-0.05, 0) is 201 Å². The van der Waals surface area contributed by atoms with Crippen molar-refractivity contribution in [3.05, 3.63) is 263 Å². The van der Waals surface area contributed by atoms with Crippen LogP contribution in [0.4, 0.5) is 0 Å². The summed E-state index contributed by atoms with van der Waals surface area (Å²) in [6.07, 6.45) is 0. The second-order valence-corrected chi connectivity index (χ2v) is 22.1. The Morgan fingerprint density at radius 3 is 0.819 bits per heavy atom. The van der Waals surface area contributed by atoms with Gasteiger partial charge in [0.2, 0.25) is 0 Å². The molecule has 0 saturated heterocycles. The van der Waals surface area contributed by atoms with E-state index in [4.69, 9.17) is 37.9 Å². The highest BCUT2D eigenvalue weighted by molar-refractivity contribution is 7.81. The molecule has 0 heterocycles. The lowest BCUT2D eigenvalue weighted by Crippen LogP contribution is -2.27. The number of aryl methyl sites for hydroxylation is 2. The molecular formula is C66H54S6. The van der Waals surface area contributed by atoms with Gasteiger partial charge < -0.3 is 0 Å². The van der Waals surface area contributed by atoms with Crippen LogP contribution in [0.25, 0.3) is 55.6 Å². The minimum absolute atomic E-state index is 0.576. The summed E-state index contributed by atoms with van der Waals surface area (Å²) in [5, 5.41) is 0. The lowest BCUT2D eigenvalue weighted by Gasteiger charge is -2.35. The molecule has 0 bridgehead atoms. The Morgan fingerprint density at radius 2 is 0.486 bits per heavy atom. The van der Waals surface area contributed by atoms with Crippen LogP contribution in [0.1, 0.15) is 58.4 Å². The molecule has 354 valence electrons. The van der Waals surface area contributed by atoms with Gasteiger partial charge in [-0.1, -0.05) is 145 Å². The Labute approximate surface area is 458 Å². The van der Waals surface area contributed by atoms with Gasteiger partial charge in [0.15, 0.2) is 0 Å². The van der Waals surface area contributed by atoms with Gasteiger partial charge in [0.05, 0.1) is 0 Å². The monoisotopic (exact) mass is 1040 g/mol. The Balaban J connectivity index is 1.08. The molecule has 0 spiro atoms. The van der Waals surface area contributed by atoms with Gasteiger partial charge in [0.25, 0.3) is 0 Å². The first kappa shape index (κ1) is 49.9. The molecule has 1 atom stereocenters. The van der Waals surface area contributed by atoms with Crippen LogP contribution in [-0.4, -0.2) is 0 Å². The fraction of sp³-hybridized carbons (Fsp3) is 0.0909. The van der Waals surface area contributed by atoms with Crippen LogP contribution >= 0.6 is 75.8 Å². The molecule has 6 heteroatoms. The molecule has 10 aromatic carbocycles. The summed E-state index contributed by atoms with van der Waals surface area (Å²) in [5.41, 5.74) is 19.4. The van der Waals surface area contributed by atoms with E-state index in [9.17, 15) is 0 Å². The van der Waals surface area contributed by atoms with Crippen molar-refractivity contribution in [1.29, 1.82) is 0 Å². The van der Waals surface area contributed by atoms with E-state index in [1.807, 2.05) is 24.3 Å². The second kappa shape index (κ2) is 20.7. The van der Waals surface area contributed by atoms with E-state index in [2.05, 4.69) is 260 Å². The quantitative estimate of drug-likeness (QED) is 0.0540. The molecule has 0 aromatic heterocycles. The van der Waals surface area contributed by atoms with Crippen molar-refractivity contribution in [2.45, 2.75) is 67.9 Å². The van der Waals surface area contributed by atoms with Crippen molar-refractivity contribution >= 4 is 75.8 Å². The number of hydrogen-bond acceptors (Lipinski definition) is 6. The third-order valence-electron chi connectivity index (χ3n) is 14.6. The summed E-state index contributed by atoms with van der Waals surface area (Å²) in [6, 6.07) is 78.6. The first-order chi connectivity index (χ1) is 34.7. The number of thiol groups is 6. The van der Waals surface area contributed by atoms with Crippen LogP contribution in [0.2, 0.25) is 0 Å². The SMILES string of the molecule is Cc1ccc(-c2ccc(S)c(C(C)(c3ccc(-c4ccc(C(C)(c5cc(-c6ccc(S)cc6)ccc5S)c5cc(-c6ccc(S)cc6)ccc5S)cc4)cc3)c3cc(-c4ccc(S)cc4)ccc3C)c2)cc1. The molecule has 10 aromatic rings. The van der Waals surface area contributed by atoms with Crippen LogP contribution < -0.4 is 0 Å².